The fourth-order valence-electron chi connectivity index (χ4n) is 3.99. The van der Waals surface area contributed by atoms with Gasteiger partial charge in [-0.3, -0.25) is 4.79 Å². The molecular formula is C25H28N6O. The Kier molecular flexibility index (Phi) is 5.25. The summed E-state index contributed by atoms with van der Waals surface area (Å²) < 4.78 is 3.71. The predicted octanol–water partition coefficient (Wildman–Crippen LogP) is 4.95. The zero-order chi connectivity index (χ0) is 22.2. The molecule has 1 aromatic carbocycles. The van der Waals surface area contributed by atoms with E-state index < -0.39 is 0 Å². The van der Waals surface area contributed by atoms with Crippen LogP contribution in [0.3, 0.4) is 0 Å². The SMILES string of the molecule is CCc1ccc(Cn2nccc2NC(=O)c2cc(C3CC3)nc3c2cnn3C(C)C)cc1. The minimum absolute atomic E-state index is 0.161. The van der Waals surface area contributed by atoms with Crippen LogP contribution in [0.15, 0.2) is 48.8 Å². The fraction of sp³-hybridized carbons (Fsp3) is 0.360. The van der Waals surface area contributed by atoms with E-state index >= 15 is 0 Å². The molecule has 7 nitrogen and oxygen atoms in total. The van der Waals surface area contributed by atoms with Crippen molar-refractivity contribution in [1.29, 1.82) is 0 Å². The quantitative estimate of drug-likeness (QED) is 0.452. The van der Waals surface area contributed by atoms with E-state index in [1.807, 2.05) is 21.5 Å². The zero-order valence-corrected chi connectivity index (χ0v) is 18.7. The maximum Gasteiger partial charge on any atom is 0.257 e. The summed E-state index contributed by atoms with van der Waals surface area (Å²) in [5, 5.41) is 12.8. The van der Waals surface area contributed by atoms with Gasteiger partial charge in [-0.1, -0.05) is 31.2 Å². The molecule has 32 heavy (non-hydrogen) atoms. The van der Waals surface area contributed by atoms with Gasteiger partial charge in [0.15, 0.2) is 5.65 Å². The summed E-state index contributed by atoms with van der Waals surface area (Å²) in [4.78, 5) is 18.2. The van der Waals surface area contributed by atoms with Crippen LogP contribution in [0.4, 0.5) is 5.82 Å². The Hall–Kier alpha value is -3.48. The Morgan fingerprint density at radius 2 is 1.88 bits per heavy atom. The Morgan fingerprint density at radius 3 is 2.56 bits per heavy atom. The molecule has 0 saturated heterocycles. The molecule has 0 bridgehead atoms. The van der Waals surface area contributed by atoms with Crippen molar-refractivity contribution in [1.82, 2.24) is 24.5 Å². The van der Waals surface area contributed by atoms with Gasteiger partial charge in [-0.05, 0) is 50.3 Å². The lowest BCUT2D eigenvalue weighted by molar-refractivity contribution is 0.102. The van der Waals surface area contributed by atoms with E-state index in [-0.39, 0.29) is 11.9 Å². The summed E-state index contributed by atoms with van der Waals surface area (Å²) in [7, 11) is 0. The Bertz CT molecular complexity index is 1260. The molecule has 0 spiro atoms. The van der Waals surface area contributed by atoms with E-state index in [0.29, 0.717) is 23.8 Å². The summed E-state index contributed by atoms with van der Waals surface area (Å²) >= 11 is 0. The highest BCUT2D eigenvalue weighted by Gasteiger charge is 2.28. The van der Waals surface area contributed by atoms with Crippen LogP contribution >= 0.6 is 0 Å². The van der Waals surface area contributed by atoms with Crippen molar-refractivity contribution < 1.29 is 4.79 Å². The monoisotopic (exact) mass is 428 g/mol. The van der Waals surface area contributed by atoms with E-state index in [1.165, 1.54) is 5.56 Å². The maximum atomic E-state index is 13.4. The van der Waals surface area contributed by atoms with Crippen molar-refractivity contribution in [2.24, 2.45) is 0 Å². The summed E-state index contributed by atoms with van der Waals surface area (Å²) in [6.07, 6.45) is 6.73. The van der Waals surface area contributed by atoms with E-state index in [2.05, 4.69) is 60.6 Å². The molecule has 1 N–H and O–H groups in total. The molecule has 3 heterocycles. The summed E-state index contributed by atoms with van der Waals surface area (Å²) in [6.45, 7) is 6.88. The van der Waals surface area contributed by atoms with Gasteiger partial charge >= 0.3 is 0 Å². The van der Waals surface area contributed by atoms with Crippen molar-refractivity contribution in [3.05, 3.63) is 71.2 Å². The first-order valence-electron chi connectivity index (χ1n) is 11.3. The number of anilines is 1. The van der Waals surface area contributed by atoms with Gasteiger partial charge < -0.3 is 5.32 Å². The third kappa shape index (κ3) is 3.90. The van der Waals surface area contributed by atoms with Crippen LogP contribution in [0.25, 0.3) is 11.0 Å². The number of nitrogens with zero attached hydrogens (tertiary/aromatic N) is 5. The van der Waals surface area contributed by atoms with E-state index in [1.54, 1.807) is 12.4 Å². The van der Waals surface area contributed by atoms with Crippen LogP contribution in [0.2, 0.25) is 0 Å². The Labute approximate surface area is 187 Å². The predicted molar refractivity (Wildman–Crippen MR) is 125 cm³/mol. The zero-order valence-electron chi connectivity index (χ0n) is 18.7. The molecule has 1 amide bonds. The van der Waals surface area contributed by atoms with Crippen LogP contribution in [-0.2, 0) is 13.0 Å². The number of carbonyl (C=O) groups excluding carboxylic acids is 1. The number of pyridine rings is 1. The number of amides is 1. The van der Waals surface area contributed by atoms with E-state index in [0.717, 1.165) is 41.6 Å². The van der Waals surface area contributed by atoms with Crippen molar-refractivity contribution >= 4 is 22.8 Å². The molecule has 0 radical (unpaired) electrons. The van der Waals surface area contributed by atoms with Crippen molar-refractivity contribution in [3.8, 4) is 0 Å². The Morgan fingerprint density at radius 1 is 1.12 bits per heavy atom. The second-order valence-corrected chi connectivity index (χ2v) is 8.79. The lowest BCUT2D eigenvalue weighted by Gasteiger charge is -2.12. The Balaban J connectivity index is 1.44. The highest BCUT2D eigenvalue weighted by atomic mass is 16.1. The molecule has 164 valence electrons. The van der Waals surface area contributed by atoms with Crippen molar-refractivity contribution in [3.63, 3.8) is 0 Å². The van der Waals surface area contributed by atoms with Gasteiger partial charge in [0.2, 0.25) is 0 Å². The third-order valence-corrected chi connectivity index (χ3v) is 6.04. The number of hydrogen-bond acceptors (Lipinski definition) is 4. The molecule has 5 rings (SSSR count). The molecule has 0 unspecified atom stereocenters. The topological polar surface area (TPSA) is 77.6 Å². The van der Waals surface area contributed by atoms with Gasteiger partial charge in [-0.2, -0.15) is 10.2 Å². The van der Waals surface area contributed by atoms with Crippen molar-refractivity contribution in [2.45, 2.75) is 58.5 Å². The number of hydrogen-bond donors (Lipinski definition) is 1. The second kappa shape index (κ2) is 8.22. The lowest BCUT2D eigenvalue weighted by atomic mass is 10.1. The fourth-order valence-corrected chi connectivity index (χ4v) is 3.99. The number of nitrogens with one attached hydrogen (secondary N) is 1. The number of rotatable bonds is 7. The molecule has 0 aliphatic heterocycles. The van der Waals surface area contributed by atoms with Gasteiger partial charge in [0, 0.05) is 23.7 Å². The average Bonchev–Trinajstić information content (AvgIpc) is 3.42. The highest BCUT2D eigenvalue weighted by molar-refractivity contribution is 6.11. The molecule has 0 atom stereocenters. The molecule has 1 fully saturated rings. The van der Waals surface area contributed by atoms with Crippen LogP contribution < -0.4 is 5.32 Å². The first-order chi connectivity index (χ1) is 15.5. The van der Waals surface area contributed by atoms with Gasteiger partial charge in [0.25, 0.3) is 5.91 Å². The van der Waals surface area contributed by atoms with Crippen LogP contribution in [-0.4, -0.2) is 30.5 Å². The first kappa shape index (κ1) is 20.4. The molecule has 4 aromatic rings. The number of aryl methyl sites for hydroxylation is 1. The van der Waals surface area contributed by atoms with E-state index in [9.17, 15) is 4.79 Å². The standard InChI is InChI=1S/C25H28N6O/c1-4-17-5-7-18(8-6-17)15-30-23(11-12-26-30)29-25(32)20-13-22(19-9-10-19)28-24-21(20)14-27-31(24)16(2)3/h5-8,11-14,16,19H,4,9-10,15H2,1-3H3,(H,29,32). The highest BCUT2D eigenvalue weighted by Crippen LogP contribution is 2.40. The maximum absolute atomic E-state index is 13.4. The third-order valence-electron chi connectivity index (χ3n) is 6.04. The number of fused-ring (bicyclic) bond motifs is 1. The van der Waals surface area contributed by atoms with Crippen LogP contribution in [0.5, 0.6) is 0 Å². The number of aromatic nitrogens is 5. The van der Waals surface area contributed by atoms with E-state index in [4.69, 9.17) is 4.98 Å². The second-order valence-electron chi connectivity index (χ2n) is 8.79. The smallest absolute Gasteiger partial charge is 0.257 e. The largest absolute Gasteiger partial charge is 0.307 e. The summed E-state index contributed by atoms with van der Waals surface area (Å²) in [6, 6.07) is 12.4. The molecule has 1 saturated carbocycles. The van der Waals surface area contributed by atoms with Gasteiger partial charge in [0.1, 0.15) is 5.82 Å². The lowest BCUT2D eigenvalue weighted by Crippen LogP contribution is -2.17. The van der Waals surface area contributed by atoms with Crippen molar-refractivity contribution in [2.75, 3.05) is 5.32 Å². The molecule has 1 aliphatic carbocycles. The molecule has 7 heteroatoms. The number of carbonyl (C=O) groups is 1. The molecular weight excluding hydrogens is 400 g/mol. The first-order valence-corrected chi connectivity index (χ1v) is 11.3. The van der Waals surface area contributed by atoms with Crippen LogP contribution in [0, 0.1) is 0 Å². The van der Waals surface area contributed by atoms with Gasteiger partial charge in [-0.25, -0.2) is 14.3 Å². The molecule has 3 aromatic heterocycles. The van der Waals surface area contributed by atoms with Crippen LogP contribution in [0.1, 0.15) is 72.8 Å². The number of benzene rings is 1. The average molecular weight is 429 g/mol. The molecule has 1 aliphatic rings. The van der Waals surface area contributed by atoms with Gasteiger partial charge in [-0.15, -0.1) is 0 Å². The normalized spacial score (nSPS) is 13.8. The minimum Gasteiger partial charge on any atom is -0.307 e. The minimum atomic E-state index is -0.161. The van der Waals surface area contributed by atoms with Gasteiger partial charge in [0.05, 0.1) is 29.9 Å². The summed E-state index contributed by atoms with van der Waals surface area (Å²) in [5.74, 6) is 0.951. The summed E-state index contributed by atoms with van der Waals surface area (Å²) in [5.41, 5.74) is 4.82.